The first kappa shape index (κ1) is 34.6. The fraction of sp³-hybridized carbons (Fsp3) is 0.474. The lowest BCUT2D eigenvalue weighted by atomic mass is 9.98. The second kappa shape index (κ2) is 14.0. The number of hydrogen-bond acceptors (Lipinski definition) is 6. The number of likely N-dealkylation sites (N-methyl/N-ethyl adjacent to an activating group) is 1. The van der Waals surface area contributed by atoms with Crippen LogP contribution in [-0.4, -0.2) is 62.2 Å². The third-order valence-electron chi connectivity index (χ3n) is 10.6. The van der Waals surface area contributed by atoms with E-state index >= 15 is 0 Å². The Hall–Kier alpha value is -3.21. The number of nitrogens with zero attached hydrogens (tertiary/aromatic N) is 1. The number of fused-ring (bicyclic) bond motifs is 5. The molecule has 3 saturated heterocycles. The summed E-state index contributed by atoms with van der Waals surface area (Å²) in [7, 11) is -1.91. The van der Waals surface area contributed by atoms with Crippen molar-refractivity contribution in [2.45, 2.75) is 109 Å². The summed E-state index contributed by atoms with van der Waals surface area (Å²) in [5, 5.41) is 6.68. The number of amides is 2. The minimum Gasteiger partial charge on any atom is -0.446 e. The molecule has 3 heterocycles. The molecule has 3 aliphatic heterocycles. The molecule has 2 N–H and O–H groups in total. The summed E-state index contributed by atoms with van der Waals surface area (Å²) < 4.78 is 18.2. The number of halogens is 1. The Balaban J connectivity index is 1.07. The number of piperidine rings is 1. The molecule has 5 atom stereocenters. The van der Waals surface area contributed by atoms with Crippen LogP contribution in [-0.2, 0) is 31.7 Å². The summed E-state index contributed by atoms with van der Waals surface area (Å²) in [6.45, 7) is 14.7. The highest BCUT2D eigenvalue weighted by Crippen LogP contribution is 2.48. The monoisotopic (exact) mass is 689 g/mol. The average molecular weight is 690 g/mol. The molecular formula is C38H48ClN3O5Si. The van der Waals surface area contributed by atoms with Gasteiger partial charge in [-0.05, 0) is 66.0 Å². The molecule has 48 heavy (non-hydrogen) atoms. The molecule has 10 heteroatoms. The first-order chi connectivity index (χ1) is 22.8. The van der Waals surface area contributed by atoms with Gasteiger partial charge in [0.25, 0.3) is 0 Å². The van der Waals surface area contributed by atoms with Gasteiger partial charge in [0.2, 0.25) is 5.91 Å². The summed E-state index contributed by atoms with van der Waals surface area (Å²) in [5.41, 5.74) is 5.02. The normalized spacial score (nSPS) is 23.4. The molecule has 0 saturated carbocycles. The fourth-order valence-electron chi connectivity index (χ4n) is 6.83. The van der Waals surface area contributed by atoms with Crippen LogP contribution in [0.25, 0.3) is 11.1 Å². The number of hydrogen-bond donors (Lipinski definition) is 2. The van der Waals surface area contributed by atoms with Crippen molar-refractivity contribution < 1.29 is 23.5 Å². The van der Waals surface area contributed by atoms with Crippen LogP contribution in [0.2, 0.25) is 23.2 Å². The van der Waals surface area contributed by atoms with Crippen molar-refractivity contribution in [1.29, 1.82) is 0 Å². The van der Waals surface area contributed by atoms with Gasteiger partial charge < -0.3 is 19.2 Å². The van der Waals surface area contributed by atoms with Crippen LogP contribution in [0.3, 0.4) is 0 Å². The van der Waals surface area contributed by atoms with E-state index in [-0.39, 0.29) is 35.7 Å². The predicted molar refractivity (Wildman–Crippen MR) is 194 cm³/mol. The van der Waals surface area contributed by atoms with Gasteiger partial charge in [0.15, 0.2) is 8.32 Å². The predicted octanol–water partition coefficient (Wildman–Crippen LogP) is 8.65. The van der Waals surface area contributed by atoms with Crippen molar-refractivity contribution in [2.75, 3.05) is 17.2 Å². The standard InChI is InChI=1S/C38H48ClN3O5Si/c1-7-42-32-21-28(22-33(42)36-35(32)47-36)46-37(44)41-31-19-24(13-17-29(31)25-11-9-8-10-12-25)14-18-34(43)40-27-16-15-26(30(39)20-27)23-45-48(5,6)38(2,3)4/h8-13,15-17,19-20,28,32-33,35-36H,7,14,18,21-23H2,1-6H3,(H,40,43)(H,41,44)/t28?,32-,33+,35-,36+. The van der Waals surface area contributed by atoms with E-state index in [0.29, 0.717) is 41.5 Å². The van der Waals surface area contributed by atoms with Gasteiger partial charge in [-0.25, -0.2) is 4.79 Å². The third kappa shape index (κ3) is 7.66. The van der Waals surface area contributed by atoms with E-state index in [9.17, 15) is 9.59 Å². The van der Waals surface area contributed by atoms with E-state index < -0.39 is 14.4 Å². The van der Waals surface area contributed by atoms with E-state index in [0.717, 1.165) is 41.6 Å². The molecule has 1 unspecified atom stereocenters. The van der Waals surface area contributed by atoms with Gasteiger partial charge in [0.05, 0.1) is 12.3 Å². The number of ether oxygens (including phenoxy) is 2. The van der Waals surface area contributed by atoms with E-state index in [2.05, 4.69) is 56.3 Å². The molecule has 3 aromatic carbocycles. The van der Waals surface area contributed by atoms with Gasteiger partial charge >= 0.3 is 6.09 Å². The number of nitrogens with one attached hydrogen (secondary N) is 2. The van der Waals surface area contributed by atoms with E-state index in [4.69, 9.17) is 25.5 Å². The van der Waals surface area contributed by atoms with Crippen LogP contribution in [0, 0.1) is 0 Å². The van der Waals surface area contributed by atoms with Crippen molar-refractivity contribution in [3.63, 3.8) is 0 Å². The Morgan fingerprint density at radius 1 is 0.979 bits per heavy atom. The number of carbonyl (C=O) groups is 2. The first-order valence-electron chi connectivity index (χ1n) is 17.1. The molecule has 0 spiro atoms. The SMILES string of the molecule is CCN1[C@@H]2CC(OC(=O)Nc3cc(CCC(=O)Nc4ccc(CO[Si](C)(C)C(C)(C)C)c(Cl)c4)ccc3-c3ccccc3)C[C@H]1[C@@H]1O[C@@H]12. The van der Waals surface area contributed by atoms with Gasteiger partial charge in [-0.1, -0.05) is 87.8 Å². The highest BCUT2D eigenvalue weighted by molar-refractivity contribution is 6.74. The Morgan fingerprint density at radius 3 is 2.33 bits per heavy atom. The highest BCUT2D eigenvalue weighted by Gasteiger charge is 2.63. The van der Waals surface area contributed by atoms with Crippen LogP contribution in [0.5, 0.6) is 0 Å². The molecule has 2 amide bonds. The van der Waals surface area contributed by atoms with Crippen molar-refractivity contribution in [3.05, 3.63) is 82.9 Å². The number of morpholine rings is 1. The van der Waals surface area contributed by atoms with Crippen LogP contribution >= 0.6 is 11.6 Å². The Kier molecular flexibility index (Phi) is 10.1. The molecule has 8 nitrogen and oxygen atoms in total. The van der Waals surface area contributed by atoms with Gasteiger partial charge in [-0.3, -0.25) is 15.0 Å². The number of epoxide rings is 1. The Labute approximate surface area is 290 Å². The Bertz CT molecular complexity index is 1630. The Morgan fingerprint density at radius 2 is 1.69 bits per heavy atom. The van der Waals surface area contributed by atoms with Crippen molar-refractivity contribution in [2.24, 2.45) is 0 Å². The average Bonchev–Trinajstić information content (AvgIpc) is 3.80. The summed E-state index contributed by atoms with van der Waals surface area (Å²) in [5.74, 6) is -0.118. The lowest BCUT2D eigenvalue weighted by Gasteiger charge is -2.39. The quantitative estimate of drug-likeness (QED) is 0.155. The smallest absolute Gasteiger partial charge is 0.411 e. The molecule has 3 aliphatic rings. The largest absolute Gasteiger partial charge is 0.446 e. The molecule has 0 aliphatic carbocycles. The molecule has 256 valence electrons. The molecule has 3 fully saturated rings. The first-order valence-corrected chi connectivity index (χ1v) is 20.4. The van der Waals surface area contributed by atoms with E-state index in [1.165, 1.54) is 0 Å². The zero-order valence-corrected chi connectivity index (χ0v) is 30.6. The lowest BCUT2D eigenvalue weighted by molar-refractivity contribution is -0.116. The fourth-order valence-corrected chi connectivity index (χ4v) is 8.01. The zero-order chi connectivity index (χ0) is 34.2. The molecule has 6 rings (SSSR count). The maximum absolute atomic E-state index is 13.2. The second-order valence-electron chi connectivity index (χ2n) is 14.8. The van der Waals surface area contributed by atoms with Gasteiger partial charge in [0.1, 0.15) is 18.3 Å². The summed E-state index contributed by atoms with van der Waals surface area (Å²) >= 11 is 6.59. The van der Waals surface area contributed by atoms with E-state index in [1.807, 2.05) is 60.7 Å². The molecule has 3 aromatic rings. The van der Waals surface area contributed by atoms with Crippen LogP contribution < -0.4 is 10.6 Å². The molecular weight excluding hydrogens is 642 g/mol. The topological polar surface area (TPSA) is 92.4 Å². The highest BCUT2D eigenvalue weighted by atomic mass is 35.5. The number of benzene rings is 3. The zero-order valence-electron chi connectivity index (χ0n) is 28.8. The maximum atomic E-state index is 13.2. The third-order valence-corrected chi connectivity index (χ3v) is 15.4. The van der Waals surface area contributed by atoms with Crippen LogP contribution in [0.4, 0.5) is 16.2 Å². The van der Waals surface area contributed by atoms with Crippen molar-refractivity contribution in [3.8, 4) is 11.1 Å². The van der Waals surface area contributed by atoms with Crippen molar-refractivity contribution in [1.82, 2.24) is 4.90 Å². The van der Waals surface area contributed by atoms with Gasteiger partial charge in [-0.15, -0.1) is 0 Å². The summed E-state index contributed by atoms with van der Waals surface area (Å²) in [4.78, 5) is 28.7. The summed E-state index contributed by atoms with van der Waals surface area (Å²) in [6, 6.07) is 22.1. The molecule has 2 bridgehead atoms. The lowest BCUT2D eigenvalue weighted by Crippen LogP contribution is -2.50. The van der Waals surface area contributed by atoms with Crippen LogP contribution in [0.1, 0.15) is 58.1 Å². The second-order valence-corrected chi connectivity index (χ2v) is 20.0. The number of aryl methyl sites for hydroxylation is 1. The van der Waals surface area contributed by atoms with E-state index in [1.54, 1.807) is 6.07 Å². The maximum Gasteiger partial charge on any atom is 0.411 e. The van der Waals surface area contributed by atoms with Crippen molar-refractivity contribution >= 4 is 43.3 Å². The molecule has 0 aromatic heterocycles. The number of anilines is 2. The minimum atomic E-state index is -1.91. The van der Waals surface area contributed by atoms with Gasteiger partial charge in [-0.2, -0.15) is 0 Å². The number of rotatable bonds is 11. The summed E-state index contributed by atoms with van der Waals surface area (Å²) in [6.07, 6.45) is 2.32. The minimum absolute atomic E-state index is 0.109. The molecule has 0 radical (unpaired) electrons. The van der Waals surface area contributed by atoms with Crippen LogP contribution in [0.15, 0.2) is 66.7 Å². The number of carbonyl (C=O) groups excluding carboxylic acids is 2. The van der Waals surface area contributed by atoms with Gasteiger partial charge in [0, 0.05) is 47.6 Å².